The molecule has 0 bridgehead atoms. The number of hydrogen-bond acceptors (Lipinski definition) is 0. The third-order valence-electron chi connectivity index (χ3n) is 4.24. The highest BCUT2D eigenvalue weighted by atomic mass is 14.3. The predicted molar refractivity (Wildman–Crippen MR) is 82.8 cm³/mol. The van der Waals surface area contributed by atoms with E-state index in [4.69, 9.17) is 0 Å². The van der Waals surface area contributed by atoms with Gasteiger partial charge in [-0.25, -0.2) is 0 Å². The van der Waals surface area contributed by atoms with Crippen molar-refractivity contribution in [2.24, 2.45) is 0 Å². The Morgan fingerprint density at radius 2 is 0.944 bits per heavy atom. The Bertz CT molecular complexity index is 157. The summed E-state index contributed by atoms with van der Waals surface area (Å²) in [4.78, 5) is 0. The second-order valence-corrected chi connectivity index (χ2v) is 6.24. The van der Waals surface area contributed by atoms with E-state index in [1.807, 2.05) is 5.92 Å². The van der Waals surface area contributed by atoms with Crippen LogP contribution >= 0.6 is 0 Å². The van der Waals surface area contributed by atoms with E-state index in [1.54, 1.807) is 0 Å². The molecule has 0 N–H and O–H groups in total. The summed E-state index contributed by atoms with van der Waals surface area (Å²) in [5.74, 6) is 1.85. The third-order valence-corrected chi connectivity index (χ3v) is 4.24. The number of rotatable bonds is 14. The van der Waals surface area contributed by atoms with Gasteiger partial charge in [0, 0.05) is 0 Å². The fraction of sp³-hybridized carbons (Fsp3) is 0.944. The summed E-state index contributed by atoms with van der Waals surface area (Å²) in [5.41, 5.74) is 0. The van der Waals surface area contributed by atoms with Crippen molar-refractivity contribution < 1.29 is 0 Å². The third kappa shape index (κ3) is 11.1. The summed E-state index contributed by atoms with van der Waals surface area (Å²) in [6.07, 6.45) is 23.5. The number of unbranched alkanes of at least 4 members (excludes halogenated alkanes) is 12. The molecule has 0 amide bonds. The Morgan fingerprint density at radius 1 is 0.556 bits per heavy atom. The van der Waals surface area contributed by atoms with Gasteiger partial charge < -0.3 is 0 Å². The first kappa shape index (κ1) is 16.1. The zero-order chi connectivity index (χ0) is 12.9. The van der Waals surface area contributed by atoms with Gasteiger partial charge in [0.2, 0.25) is 0 Å². The fourth-order valence-electron chi connectivity index (χ4n) is 2.73. The molecular weight excluding hydrogens is 216 g/mol. The van der Waals surface area contributed by atoms with Gasteiger partial charge in [-0.2, -0.15) is 0 Å². The van der Waals surface area contributed by atoms with Gasteiger partial charge in [0.1, 0.15) is 0 Å². The maximum absolute atomic E-state index is 2.29. The molecule has 1 aliphatic rings. The second-order valence-electron chi connectivity index (χ2n) is 6.24. The Hall–Kier alpha value is 0. The molecule has 0 heteroatoms. The lowest BCUT2D eigenvalue weighted by Crippen LogP contribution is -1.83. The summed E-state index contributed by atoms with van der Waals surface area (Å²) < 4.78 is 0. The average Bonchev–Trinajstić information content (AvgIpc) is 3.19. The molecule has 0 unspecified atom stereocenters. The van der Waals surface area contributed by atoms with Crippen LogP contribution in [0.5, 0.6) is 0 Å². The van der Waals surface area contributed by atoms with Crippen LogP contribution < -0.4 is 0 Å². The van der Waals surface area contributed by atoms with Crippen LogP contribution in [-0.4, -0.2) is 0 Å². The first-order chi connectivity index (χ1) is 8.93. The lowest BCUT2D eigenvalue weighted by molar-refractivity contribution is 0.538. The van der Waals surface area contributed by atoms with Crippen LogP contribution in [0.1, 0.15) is 110 Å². The van der Waals surface area contributed by atoms with Crippen LogP contribution in [0, 0.1) is 5.92 Å². The lowest BCUT2D eigenvalue weighted by Gasteiger charge is -2.02. The molecule has 0 nitrogen and oxygen atoms in total. The summed E-state index contributed by atoms with van der Waals surface area (Å²) in [6, 6.07) is 0. The van der Waals surface area contributed by atoms with Crippen molar-refractivity contribution in [3.05, 3.63) is 5.92 Å². The van der Waals surface area contributed by atoms with Crippen LogP contribution in [0.2, 0.25) is 0 Å². The standard InChI is InChI=1S/C18H35/c1-2-3-4-5-6-7-8-9-10-11-12-13-14-15-18-16-17-18/h2-17H2,1H3. The van der Waals surface area contributed by atoms with Gasteiger partial charge in [0.15, 0.2) is 0 Å². The molecule has 0 saturated heterocycles. The molecule has 0 aromatic carbocycles. The van der Waals surface area contributed by atoms with Gasteiger partial charge in [-0.15, -0.1) is 0 Å². The minimum Gasteiger partial charge on any atom is -0.0654 e. The molecule has 0 aliphatic heterocycles. The van der Waals surface area contributed by atoms with E-state index >= 15 is 0 Å². The van der Waals surface area contributed by atoms with Crippen LogP contribution in [0.25, 0.3) is 0 Å². The smallest absolute Gasteiger partial charge is 0.0241 e. The molecule has 18 heavy (non-hydrogen) atoms. The van der Waals surface area contributed by atoms with E-state index < -0.39 is 0 Å². The normalized spacial score (nSPS) is 15.2. The van der Waals surface area contributed by atoms with Crippen molar-refractivity contribution in [1.82, 2.24) is 0 Å². The van der Waals surface area contributed by atoms with Gasteiger partial charge in [-0.05, 0) is 25.2 Å². The highest BCUT2D eigenvalue weighted by Crippen LogP contribution is 2.36. The highest BCUT2D eigenvalue weighted by Gasteiger charge is 2.20. The SMILES string of the molecule is CCCCCCCCCCCCCCC[C]1CC1. The minimum atomic E-state index is 1.37. The Morgan fingerprint density at radius 3 is 1.33 bits per heavy atom. The van der Waals surface area contributed by atoms with Crippen molar-refractivity contribution in [2.45, 2.75) is 110 Å². The molecule has 1 radical (unpaired) electrons. The van der Waals surface area contributed by atoms with Crippen LogP contribution in [0.15, 0.2) is 0 Å². The summed E-state index contributed by atoms with van der Waals surface area (Å²) >= 11 is 0. The summed E-state index contributed by atoms with van der Waals surface area (Å²) in [6.45, 7) is 2.29. The maximum Gasteiger partial charge on any atom is -0.0241 e. The Balaban J connectivity index is 1.60. The highest BCUT2D eigenvalue weighted by molar-refractivity contribution is 5.04. The molecule has 0 aromatic heterocycles. The largest absolute Gasteiger partial charge is 0.0654 e. The van der Waals surface area contributed by atoms with E-state index in [2.05, 4.69) is 6.92 Å². The van der Waals surface area contributed by atoms with Crippen molar-refractivity contribution in [1.29, 1.82) is 0 Å². The quantitative estimate of drug-likeness (QED) is 0.297. The van der Waals surface area contributed by atoms with Gasteiger partial charge in [0.05, 0.1) is 0 Å². The van der Waals surface area contributed by atoms with Crippen molar-refractivity contribution in [2.75, 3.05) is 0 Å². The second kappa shape index (κ2) is 12.1. The molecular formula is C18H35. The lowest BCUT2D eigenvalue weighted by atomic mass is 10.0. The summed E-state index contributed by atoms with van der Waals surface area (Å²) in [7, 11) is 0. The number of hydrogen-bond donors (Lipinski definition) is 0. The summed E-state index contributed by atoms with van der Waals surface area (Å²) in [5, 5.41) is 0. The molecule has 107 valence electrons. The van der Waals surface area contributed by atoms with Crippen LogP contribution in [0.4, 0.5) is 0 Å². The maximum atomic E-state index is 2.29. The molecule has 0 aromatic rings. The van der Waals surface area contributed by atoms with E-state index in [1.165, 1.54) is 103 Å². The van der Waals surface area contributed by atoms with Crippen molar-refractivity contribution in [3.8, 4) is 0 Å². The van der Waals surface area contributed by atoms with E-state index in [0.29, 0.717) is 0 Å². The fourth-order valence-corrected chi connectivity index (χ4v) is 2.73. The minimum absolute atomic E-state index is 1.37. The molecule has 1 aliphatic carbocycles. The van der Waals surface area contributed by atoms with Gasteiger partial charge in [-0.3, -0.25) is 0 Å². The molecule has 1 saturated carbocycles. The van der Waals surface area contributed by atoms with Crippen LogP contribution in [-0.2, 0) is 0 Å². The van der Waals surface area contributed by atoms with Gasteiger partial charge >= 0.3 is 0 Å². The zero-order valence-electron chi connectivity index (χ0n) is 12.8. The van der Waals surface area contributed by atoms with Gasteiger partial charge in [0.25, 0.3) is 0 Å². The monoisotopic (exact) mass is 251 g/mol. The topological polar surface area (TPSA) is 0 Å². The zero-order valence-corrected chi connectivity index (χ0v) is 12.8. The predicted octanol–water partition coefficient (Wildman–Crippen LogP) is 6.84. The molecule has 1 rings (SSSR count). The van der Waals surface area contributed by atoms with Crippen molar-refractivity contribution in [3.63, 3.8) is 0 Å². The van der Waals surface area contributed by atoms with Crippen LogP contribution in [0.3, 0.4) is 0 Å². The van der Waals surface area contributed by atoms with E-state index in [-0.39, 0.29) is 0 Å². The molecule has 1 fully saturated rings. The average molecular weight is 251 g/mol. The molecule has 0 spiro atoms. The first-order valence-electron chi connectivity index (χ1n) is 8.77. The van der Waals surface area contributed by atoms with E-state index in [0.717, 1.165) is 0 Å². The molecule has 0 atom stereocenters. The van der Waals surface area contributed by atoms with E-state index in [9.17, 15) is 0 Å². The Labute approximate surface area is 116 Å². The van der Waals surface area contributed by atoms with Gasteiger partial charge in [-0.1, -0.05) is 90.4 Å². The first-order valence-corrected chi connectivity index (χ1v) is 8.77. The Kier molecular flexibility index (Phi) is 10.8. The molecule has 0 heterocycles. The van der Waals surface area contributed by atoms with Crippen molar-refractivity contribution >= 4 is 0 Å².